The lowest BCUT2D eigenvalue weighted by molar-refractivity contribution is -0.384. The zero-order chi connectivity index (χ0) is 15.9. The van der Waals surface area contributed by atoms with Crippen LogP contribution < -0.4 is 10.2 Å². The minimum atomic E-state index is -2.92. The Balaban J connectivity index is 2.05. The molecular formula is C14H11F2N3O3. The maximum absolute atomic E-state index is 12.3. The summed E-state index contributed by atoms with van der Waals surface area (Å²) in [5, 5.41) is 14.4. The van der Waals surface area contributed by atoms with Gasteiger partial charge in [-0.3, -0.25) is 15.5 Å². The van der Waals surface area contributed by atoms with Crippen molar-refractivity contribution in [1.29, 1.82) is 0 Å². The number of benzene rings is 2. The number of ether oxygens (including phenoxy) is 1. The van der Waals surface area contributed by atoms with Gasteiger partial charge in [0.1, 0.15) is 5.75 Å². The lowest BCUT2D eigenvalue weighted by Crippen LogP contribution is -2.04. The van der Waals surface area contributed by atoms with Gasteiger partial charge in [-0.05, 0) is 24.3 Å². The fraction of sp³-hybridized carbons (Fsp3) is 0.0714. The van der Waals surface area contributed by atoms with E-state index in [0.717, 1.165) is 0 Å². The average Bonchev–Trinajstić information content (AvgIpc) is 2.49. The highest BCUT2D eigenvalue weighted by atomic mass is 19.3. The number of halogens is 2. The van der Waals surface area contributed by atoms with Crippen LogP contribution in [0.4, 0.5) is 20.2 Å². The average molecular weight is 307 g/mol. The van der Waals surface area contributed by atoms with Crippen molar-refractivity contribution in [2.24, 2.45) is 5.10 Å². The summed E-state index contributed by atoms with van der Waals surface area (Å²) in [5.41, 5.74) is 3.50. The summed E-state index contributed by atoms with van der Waals surface area (Å²) >= 11 is 0. The topological polar surface area (TPSA) is 76.8 Å². The Labute approximate surface area is 124 Å². The van der Waals surface area contributed by atoms with Gasteiger partial charge in [0.2, 0.25) is 0 Å². The molecule has 6 nitrogen and oxygen atoms in total. The number of nitro groups is 1. The summed E-state index contributed by atoms with van der Waals surface area (Å²) in [7, 11) is 0. The van der Waals surface area contributed by atoms with Crippen molar-refractivity contribution in [2.45, 2.75) is 6.61 Å². The maximum Gasteiger partial charge on any atom is 0.387 e. The molecule has 0 saturated carbocycles. The van der Waals surface area contributed by atoms with Crippen LogP contribution in [0.2, 0.25) is 0 Å². The van der Waals surface area contributed by atoms with Crippen LogP contribution in [0, 0.1) is 10.1 Å². The number of hydrazone groups is 1. The molecule has 0 aliphatic rings. The Bertz CT molecular complexity index is 675. The quantitative estimate of drug-likeness (QED) is 0.502. The number of hydrogen-bond acceptors (Lipinski definition) is 5. The molecule has 2 rings (SSSR count). The van der Waals surface area contributed by atoms with Gasteiger partial charge in [0, 0.05) is 17.7 Å². The first-order valence-corrected chi connectivity index (χ1v) is 6.13. The molecule has 1 N–H and O–H groups in total. The van der Waals surface area contributed by atoms with E-state index >= 15 is 0 Å². The van der Waals surface area contributed by atoms with E-state index in [1.165, 1.54) is 36.5 Å². The number of hydrogen-bond donors (Lipinski definition) is 1. The summed E-state index contributed by atoms with van der Waals surface area (Å²) in [4.78, 5) is 10.0. The van der Waals surface area contributed by atoms with Crippen molar-refractivity contribution in [3.8, 4) is 5.75 Å². The first kappa shape index (κ1) is 15.4. The standard InChI is InChI=1S/C14H11F2N3O3/c15-14(16)22-13-4-2-1-3-10(13)9-17-18-11-5-7-12(8-6-11)19(20)21/h1-9,14,18H. The molecule has 0 fully saturated rings. The van der Waals surface area contributed by atoms with Crippen LogP contribution in [0.25, 0.3) is 0 Å². The van der Waals surface area contributed by atoms with Gasteiger partial charge in [-0.25, -0.2) is 0 Å². The molecule has 2 aromatic carbocycles. The third-order valence-electron chi connectivity index (χ3n) is 2.61. The van der Waals surface area contributed by atoms with Gasteiger partial charge < -0.3 is 4.74 Å². The number of para-hydroxylation sites is 1. The first-order chi connectivity index (χ1) is 10.6. The molecule has 0 spiro atoms. The van der Waals surface area contributed by atoms with Crippen molar-refractivity contribution in [2.75, 3.05) is 5.43 Å². The number of nitrogens with one attached hydrogen (secondary N) is 1. The molecule has 0 aliphatic heterocycles. The van der Waals surface area contributed by atoms with Crippen LogP contribution in [0.1, 0.15) is 5.56 Å². The number of nitro benzene ring substituents is 1. The zero-order valence-electron chi connectivity index (χ0n) is 11.1. The molecular weight excluding hydrogens is 296 g/mol. The Morgan fingerprint density at radius 3 is 2.50 bits per heavy atom. The fourth-order valence-corrected chi connectivity index (χ4v) is 1.62. The fourth-order valence-electron chi connectivity index (χ4n) is 1.62. The highest BCUT2D eigenvalue weighted by Gasteiger charge is 2.07. The Kier molecular flexibility index (Phi) is 4.97. The normalized spacial score (nSPS) is 10.9. The largest absolute Gasteiger partial charge is 0.434 e. The molecule has 0 aromatic heterocycles. The maximum atomic E-state index is 12.3. The van der Waals surface area contributed by atoms with Gasteiger partial charge in [-0.1, -0.05) is 12.1 Å². The Morgan fingerprint density at radius 1 is 1.18 bits per heavy atom. The number of anilines is 1. The molecule has 0 aliphatic carbocycles. The molecule has 0 saturated heterocycles. The number of rotatable bonds is 6. The Morgan fingerprint density at radius 2 is 1.86 bits per heavy atom. The van der Waals surface area contributed by atoms with Gasteiger partial charge in [-0.15, -0.1) is 0 Å². The highest BCUT2D eigenvalue weighted by molar-refractivity contribution is 5.84. The third-order valence-corrected chi connectivity index (χ3v) is 2.61. The van der Waals surface area contributed by atoms with Crippen molar-refractivity contribution in [3.05, 3.63) is 64.2 Å². The van der Waals surface area contributed by atoms with E-state index < -0.39 is 11.5 Å². The van der Waals surface area contributed by atoms with Crippen molar-refractivity contribution in [1.82, 2.24) is 0 Å². The SMILES string of the molecule is O=[N+]([O-])c1ccc(NN=Cc2ccccc2OC(F)F)cc1. The second kappa shape index (κ2) is 7.11. The summed E-state index contributed by atoms with van der Waals surface area (Å²) in [5.74, 6) is 0.00625. The van der Waals surface area contributed by atoms with E-state index in [9.17, 15) is 18.9 Å². The molecule has 2 aromatic rings. The van der Waals surface area contributed by atoms with E-state index in [1.807, 2.05) is 0 Å². The van der Waals surface area contributed by atoms with E-state index in [2.05, 4.69) is 15.3 Å². The summed E-state index contributed by atoms with van der Waals surface area (Å²) < 4.78 is 28.9. The van der Waals surface area contributed by atoms with Crippen LogP contribution in [0.5, 0.6) is 5.75 Å². The molecule has 0 bridgehead atoms. The first-order valence-electron chi connectivity index (χ1n) is 6.13. The van der Waals surface area contributed by atoms with Gasteiger partial charge in [-0.2, -0.15) is 13.9 Å². The van der Waals surface area contributed by atoms with Crippen LogP contribution in [-0.2, 0) is 0 Å². The molecule has 0 heterocycles. The highest BCUT2D eigenvalue weighted by Crippen LogP contribution is 2.19. The van der Waals surface area contributed by atoms with Gasteiger partial charge in [0.05, 0.1) is 16.8 Å². The van der Waals surface area contributed by atoms with E-state index in [1.54, 1.807) is 18.2 Å². The zero-order valence-corrected chi connectivity index (χ0v) is 11.1. The lowest BCUT2D eigenvalue weighted by Gasteiger charge is -2.07. The van der Waals surface area contributed by atoms with Crippen LogP contribution in [0.3, 0.4) is 0 Å². The molecule has 0 radical (unpaired) electrons. The second-order valence-corrected chi connectivity index (χ2v) is 4.09. The molecule has 22 heavy (non-hydrogen) atoms. The minimum Gasteiger partial charge on any atom is -0.434 e. The molecule has 0 amide bonds. The van der Waals surface area contributed by atoms with Crippen LogP contribution in [-0.4, -0.2) is 17.7 Å². The molecule has 0 atom stereocenters. The van der Waals surface area contributed by atoms with Crippen LogP contribution >= 0.6 is 0 Å². The predicted molar refractivity (Wildman–Crippen MR) is 77.4 cm³/mol. The van der Waals surface area contributed by atoms with E-state index in [-0.39, 0.29) is 11.4 Å². The predicted octanol–water partition coefficient (Wildman–Crippen LogP) is 3.64. The van der Waals surface area contributed by atoms with Crippen molar-refractivity contribution < 1.29 is 18.4 Å². The number of alkyl halides is 2. The monoisotopic (exact) mass is 307 g/mol. The Hall–Kier alpha value is -3.03. The summed E-state index contributed by atoms with van der Waals surface area (Å²) in [6.45, 7) is -2.92. The number of non-ortho nitro benzene ring substituents is 1. The van der Waals surface area contributed by atoms with Gasteiger partial charge in [0.25, 0.3) is 5.69 Å². The van der Waals surface area contributed by atoms with Crippen molar-refractivity contribution in [3.63, 3.8) is 0 Å². The third kappa shape index (κ3) is 4.23. The smallest absolute Gasteiger partial charge is 0.387 e. The van der Waals surface area contributed by atoms with Gasteiger partial charge >= 0.3 is 6.61 Å². The minimum absolute atomic E-state index is 0.00625. The number of nitrogens with zero attached hydrogens (tertiary/aromatic N) is 2. The second-order valence-electron chi connectivity index (χ2n) is 4.09. The van der Waals surface area contributed by atoms with Crippen molar-refractivity contribution >= 4 is 17.6 Å². The molecule has 0 unspecified atom stereocenters. The van der Waals surface area contributed by atoms with Gasteiger partial charge in [0.15, 0.2) is 0 Å². The van der Waals surface area contributed by atoms with E-state index in [4.69, 9.17) is 0 Å². The summed E-state index contributed by atoms with van der Waals surface area (Å²) in [6.07, 6.45) is 1.32. The summed E-state index contributed by atoms with van der Waals surface area (Å²) in [6, 6.07) is 11.8. The lowest BCUT2D eigenvalue weighted by atomic mass is 10.2. The van der Waals surface area contributed by atoms with Crippen LogP contribution in [0.15, 0.2) is 53.6 Å². The van der Waals surface area contributed by atoms with E-state index in [0.29, 0.717) is 11.3 Å². The molecule has 114 valence electrons. The molecule has 8 heteroatoms.